The van der Waals surface area contributed by atoms with E-state index in [-0.39, 0.29) is 18.2 Å². The van der Waals surface area contributed by atoms with Gasteiger partial charge in [-0.25, -0.2) is 4.68 Å². The SMILES string of the molecule is CCOc1ccccc1NC(=O)C[C@H]1Cn2ncc(-c3ccccc3)c2NC1=O. The number of anilines is 2. The van der Waals surface area contributed by atoms with E-state index in [1.165, 1.54) is 0 Å². The van der Waals surface area contributed by atoms with Crippen LogP contribution in [0.25, 0.3) is 11.1 Å². The van der Waals surface area contributed by atoms with E-state index in [0.717, 1.165) is 11.1 Å². The minimum Gasteiger partial charge on any atom is -0.492 e. The first-order chi connectivity index (χ1) is 14.2. The number of aromatic nitrogens is 2. The van der Waals surface area contributed by atoms with Crippen molar-refractivity contribution in [2.45, 2.75) is 19.9 Å². The van der Waals surface area contributed by atoms with E-state index >= 15 is 0 Å². The smallest absolute Gasteiger partial charge is 0.231 e. The zero-order valence-corrected chi connectivity index (χ0v) is 16.1. The molecule has 2 N–H and O–H groups in total. The summed E-state index contributed by atoms with van der Waals surface area (Å²) in [6, 6.07) is 17.0. The van der Waals surface area contributed by atoms with Crippen molar-refractivity contribution in [1.82, 2.24) is 9.78 Å². The third-order valence-corrected chi connectivity index (χ3v) is 4.82. The van der Waals surface area contributed by atoms with Crippen LogP contribution in [0.2, 0.25) is 0 Å². The number of benzene rings is 2. The zero-order chi connectivity index (χ0) is 20.2. The molecule has 4 rings (SSSR count). The quantitative estimate of drug-likeness (QED) is 0.674. The lowest BCUT2D eigenvalue weighted by Gasteiger charge is -2.24. The van der Waals surface area contributed by atoms with Gasteiger partial charge in [0.1, 0.15) is 11.6 Å². The van der Waals surface area contributed by atoms with Gasteiger partial charge in [-0.2, -0.15) is 5.10 Å². The first-order valence-electron chi connectivity index (χ1n) is 9.59. The molecule has 2 heterocycles. The number of hydrogen-bond acceptors (Lipinski definition) is 4. The molecule has 0 saturated carbocycles. The van der Waals surface area contributed by atoms with Crippen LogP contribution in [-0.4, -0.2) is 28.2 Å². The molecule has 3 aromatic rings. The van der Waals surface area contributed by atoms with E-state index in [9.17, 15) is 9.59 Å². The van der Waals surface area contributed by atoms with E-state index in [1.54, 1.807) is 23.0 Å². The molecule has 7 heteroatoms. The van der Waals surface area contributed by atoms with Gasteiger partial charge in [-0.3, -0.25) is 9.59 Å². The van der Waals surface area contributed by atoms with Crippen molar-refractivity contribution < 1.29 is 14.3 Å². The number of fused-ring (bicyclic) bond motifs is 1. The van der Waals surface area contributed by atoms with Gasteiger partial charge in [-0.15, -0.1) is 0 Å². The molecule has 0 radical (unpaired) electrons. The maximum atomic E-state index is 12.6. The van der Waals surface area contributed by atoms with Crippen LogP contribution in [0.3, 0.4) is 0 Å². The summed E-state index contributed by atoms with van der Waals surface area (Å²) in [5.74, 6) is 0.364. The number of nitrogens with zero attached hydrogens (tertiary/aromatic N) is 2. The largest absolute Gasteiger partial charge is 0.492 e. The summed E-state index contributed by atoms with van der Waals surface area (Å²) in [6.07, 6.45) is 1.80. The Morgan fingerprint density at radius 3 is 2.76 bits per heavy atom. The Morgan fingerprint density at radius 2 is 1.97 bits per heavy atom. The number of hydrogen-bond donors (Lipinski definition) is 2. The molecular formula is C22H22N4O3. The van der Waals surface area contributed by atoms with Crippen LogP contribution in [0, 0.1) is 5.92 Å². The van der Waals surface area contributed by atoms with E-state index in [1.807, 2.05) is 49.4 Å². The first kappa shape index (κ1) is 18.7. The second kappa shape index (κ2) is 8.18. The molecule has 29 heavy (non-hydrogen) atoms. The molecule has 1 aliphatic heterocycles. The second-order valence-corrected chi connectivity index (χ2v) is 6.82. The molecule has 0 fully saturated rings. The van der Waals surface area contributed by atoms with Gasteiger partial charge in [0.15, 0.2) is 0 Å². The summed E-state index contributed by atoms with van der Waals surface area (Å²) in [4.78, 5) is 25.2. The van der Waals surface area contributed by atoms with Crippen LogP contribution in [0.5, 0.6) is 5.75 Å². The summed E-state index contributed by atoms with van der Waals surface area (Å²) >= 11 is 0. The molecule has 1 aromatic heterocycles. The average molecular weight is 390 g/mol. The maximum Gasteiger partial charge on any atom is 0.231 e. The van der Waals surface area contributed by atoms with E-state index in [0.29, 0.717) is 30.4 Å². The molecule has 0 spiro atoms. The Morgan fingerprint density at radius 1 is 1.21 bits per heavy atom. The maximum absolute atomic E-state index is 12.6. The van der Waals surface area contributed by atoms with Gasteiger partial charge in [-0.1, -0.05) is 42.5 Å². The number of carbonyl (C=O) groups excluding carboxylic acids is 2. The highest BCUT2D eigenvalue weighted by atomic mass is 16.5. The van der Waals surface area contributed by atoms with Crippen molar-refractivity contribution in [2.24, 2.45) is 5.92 Å². The van der Waals surface area contributed by atoms with Gasteiger partial charge in [0.2, 0.25) is 11.8 Å². The van der Waals surface area contributed by atoms with Crippen LogP contribution in [0.15, 0.2) is 60.8 Å². The molecule has 0 aliphatic carbocycles. The summed E-state index contributed by atoms with van der Waals surface area (Å²) in [6.45, 7) is 2.74. The predicted molar refractivity (Wildman–Crippen MR) is 111 cm³/mol. The molecule has 2 aromatic carbocycles. The molecule has 2 amide bonds. The topological polar surface area (TPSA) is 85.2 Å². The minimum absolute atomic E-state index is 0.0618. The lowest BCUT2D eigenvalue weighted by molar-refractivity contribution is -0.125. The van der Waals surface area contributed by atoms with Crippen molar-refractivity contribution >= 4 is 23.3 Å². The number of nitrogens with one attached hydrogen (secondary N) is 2. The number of ether oxygens (including phenoxy) is 1. The normalized spacial score (nSPS) is 15.3. The standard InChI is InChI=1S/C22H22N4O3/c1-2-29-19-11-7-6-10-18(19)24-20(27)12-16-14-26-21(25-22(16)28)17(13-23-26)15-8-4-3-5-9-15/h3-11,13,16H,2,12,14H2,1H3,(H,24,27)(H,25,28)/t16-/m0/s1. The Balaban J connectivity index is 1.46. The molecule has 1 atom stereocenters. The van der Waals surface area contributed by atoms with Gasteiger partial charge < -0.3 is 15.4 Å². The molecule has 7 nitrogen and oxygen atoms in total. The van der Waals surface area contributed by atoms with Crippen LogP contribution in [-0.2, 0) is 16.1 Å². The summed E-state index contributed by atoms with van der Waals surface area (Å²) in [5, 5.41) is 10.2. The van der Waals surface area contributed by atoms with E-state index in [4.69, 9.17) is 4.74 Å². The highest BCUT2D eigenvalue weighted by Gasteiger charge is 2.30. The molecule has 148 valence electrons. The lowest BCUT2D eigenvalue weighted by Crippen LogP contribution is -2.36. The number of rotatable bonds is 6. The van der Waals surface area contributed by atoms with Gasteiger partial charge in [0.05, 0.1) is 31.0 Å². The average Bonchev–Trinajstić information content (AvgIpc) is 3.13. The lowest BCUT2D eigenvalue weighted by atomic mass is 10.0. The molecular weight excluding hydrogens is 368 g/mol. The van der Waals surface area contributed by atoms with Crippen molar-refractivity contribution in [1.29, 1.82) is 0 Å². The number of amides is 2. The molecule has 0 bridgehead atoms. The fourth-order valence-electron chi connectivity index (χ4n) is 3.43. The second-order valence-electron chi connectivity index (χ2n) is 6.82. The van der Waals surface area contributed by atoms with Crippen molar-refractivity contribution in [2.75, 3.05) is 17.2 Å². The number of carbonyl (C=O) groups is 2. The van der Waals surface area contributed by atoms with Crippen molar-refractivity contribution in [3.05, 3.63) is 60.8 Å². The van der Waals surface area contributed by atoms with Crippen LogP contribution < -0.4 is 15.4 Å². The van der Waals surface area contributed by atoms with Gasteiger partial charge in [0, 0.05) is 12.0 Å². The van der Waals surface area contributed by atoms with E-state index in [2.05, 4.69) is 15.7 Å². The highest BCUT2D eigenvalue weighted by Crippen LogP contribution is 2.32. The van der Waals surface area contributed by atoms with Crippen LogP contribution in [0.1, 0.15) is 13.3 Å². The molecule has 0 saturated heterocycles. The van der Waals surface area contributed by atoms with Crippen molar-refractivity contribution in [3.63, 3.8) is 0 Å². The van der Waals surface area contributed by atoms with Gasteiger partial charge >= 0.3 is 0 Å². The van der Waals surface area contributed by atoms with Gasteiger partial charge in [-0.05, 0) is 24.6 Å². The fraction of sp³-hybridized carbons (Fsp3) is 0.227. The van der Waals surface area contributed by atoms with Crippen LogP contribution in [0.4, 0.5) is 11.5 Å². The Bertz CT molecular complexity index is 1030. The first-order valence-corrected chi connectivity index (χ1v) is 9.59. The minimum atomic E-state index is -0.495. The van der Waals surface area contributed by atoms with E-state index < -0.39 is 5.92 Å². The van der Waals surface area contributed by atoms with Gasteiger partial charge in [0.25, 0.3) is 0 Å². The Hall–Kier alpha value is -3.61. The fourth-order valence-corrected chi connectivity index (χ4v) is 3.43. The van der Waals surface area contributed by atoms with Crippen molar-refractivity contribution in [3.8, 4) is 16.9 Å². The Labute approximate surface area is 168 Å². The van der Waals surface area contributed by atoms with Crippen LogP contribution >= 0.6 is 0 Å². The zero-order valence-electron chi connectivity index (χ0n) is 16.1. The third kappa shape index (κ3) is 3.99. The highest BCUT2D eigenvalue weighted by molar-refractivity contribution is 6.01. The Kier molecular flexibility index (Phi) is 5.29. The summed E-state index contributed by atoms with van der Waals surface area (Å²) < 4.78 is 7.28. The third-order valence-electron chi connectivity index (χ3n) is 4.82. The predicted octanol–water partition coefficient (Wildman–Crippen LogP) is 3.55. The molecule has 0 unspecified atom stereocenters. The molecule has 1 aliphatic rings. The number of para-hydroxylation sites is 2. The monoisotopic (exact) mass is 390 g/mol. The summed E-state index contributed by atoms with van der Waals surface area (Å²) in [5.41, 5.74) is 2.45. The summed E-state index contributed by atoms with van der Waals surface area (Å²) in [7, 11) is 0.